The molecule has 1 nitrogen and oxygen atoms in total. The third-order valence-electron chi connectivity index (χ3n) is 5.16. The molecule has 1 N–H and O–H groups in total. The van der Waals surface area contributed by atoms with E-state index < -0.39 is 0 Å². The highest BCUT2D eigenvalue weighted by Crippen LogP contribution is 2.47. The number of hydrogen-bond acceptors (Lipinski definition) is 1. The van der Waals surface area contributed by atoms with Gasteiger partial charge in [-0.25, -0.2) is 4.39 Å². The van der Waals surface area contributed by atoms with E-state index in [0.717, 1.165) is 24.6 Å². The highest BCUT2D eigenvalue weighted by atomic mass is 79.9. The Morgan fingerprint density at radius 2 is 2.05 bits per heavy atom. The van der Waals surface area contributed by atoms with Crippen LogP contribution in [-0.4, -0.2) is 12.6 Å². The number of benzene rings is 1. The van der Waals surface area contributed by atoms with Crippen molar-refractivity contribution in [2.45, 2.75) is 57.9 Å². The first-order valence-corrected chi connectivity index (χ1v) is 8.93. The van der Waals surface area contributed by atoms with Crippen molar-refractivity contribution in [2.75, 3.05) is 6.54 Å². The SMILES string of the molecule is CC1(C)CCC(CNC2CC2)C(c2cccc(Br)c2F)C1. The summed E-state index contributed by atoms with van der Waals surface area (Å²) >= 11 is 3.34. The maximum atomic E-state index is 14.6. The van der Waals surface area contributed by atoms with Gasteiger partial charge in [-0.1, -0.05) is 26.0 Å². The van der Waals surface area contributed by atoms with Crippen molar-refractivity contribution in [3.8, 4) is 0 Å². The molecule has 1 aromatic carbocycles. The molecule has 3 heteroatoms. The summed E-state index contributed by atoms with van der Waals surface area (Å²) in [6.07, 6.45) is 6.15. The average Bonchev–Trinajstić information content (AvgIpc) is 3.24. The average molecular weight is 354 g/mol. The van der Waals surface area contributed by atoms with Gasteiger partial charge in [-0.05, 0) is 83.5 Å². The van der Waals surface area contributed by atoms with Crippen LogP contribution in [0.3, 0.4) is 0 Å². The Kier molecular flexibility index (Phi) is 4.42. The standard InChI is InChI=1S/C18H25BrFN/c1-18(2)9-8-12(11-21-13-6-7-13)15(10-18)14-4-3-5-16(19)17(14)20/h3-5,12-13,15,21H,6-11H2,1-2H3. The van der Waals surface area contributed by atoms with Gasteiger partial charge in [0.15, 0.2) is 0 Å². The minimum absolute atomic E-state index is 0.0587. The van der Waals surface area contributed by atoms with E-state index in [2.05, 4.69) is 35.1 Å². The van der Waals surface area contributed by atoms with Gasteiger partial charge in [-0.15, -0.1) is 0 Å². The van der Waals surface area contributed by atoms with Crippen LogP contribution in [0.25, 0.3) is 0 Å². The van der Waals surface area contributed by atoms with Gasteiger partial charge in [0.1, 0.15) is 5.82 Å². The zero-order valence-electron chi connectivity index (χ0n) is 13.0. The van der Waals surface area contributed by atoms with Crippen molar-refractivity contribution < 1.29 is 4.39 Å². The van der Waals surface area contributed by atoms with E-state index in [0.29, 0.717) is 21.7 Å². The van der Waals surface area contributed by atoms with Gasteiger partial charge in [0.05, 0.1) is 4.47 Å². The predicted octanol–water partition coefficient (Wildman–Crippen LogP) is 5.25. The maximum absolute atomic E-state index is 14.6. The molecule has 0 radical (unpaired) electrons. The van der Waals surface area contributed by atoms with Gasteiger partial charge in [0, 0.05) is 6.04 Å². The van der Waals surface area contributed by atoms with Crippen molar-refractivity contribution in [1.29, 1.82) is 0 Å². The molecule has 0 saturated heterocycles. The first kappa shape index (κ1) is 15.5. The van der Waals surface area contributed by atoms with Gasteiger partial charge in [-0.2, -0.15) is 0 Å². The monoisotopic (exact) mass is 353 g/mol. The largest absolute Gasteiger partial charge is 0.314 e. The summed E-state index contributed by atoms with van der Waals surface area (Å²) in [5, 5.41) is 3.65. The Hall–Kier alpha value is -0.410. The summed E-state index contributed by atoms with van der Waals surface area (Å²) in [5.41, 5.74) is 1.22. The van der Waals surface area contributed by atoms with Crippen molar-refractivity contribution in [1.82, 2.24) is 5.32 Å². The van der Waals surface area contributed by atoms with Crippen LogP contribution in [0.5, 0.6) is 0 Å². The predicted molar refractivity (Wildman–Crippen MR) is 89.0 cm³/mol. The normalized spacial score (nSPS) is 28.6. The summed E-state index contributed by atoms with van der Waals surface area (Å²) in [6.45, 7) is 5.68. The van der Waals surface area contributed by atoms with Gasteiger partial charge in [0.2, 0.25) is 0 Å². The molecular formula is C18H25BrFN. The third kappa shape index (κ3) is 3.68. The molecule has 2 aliphatic rings. The maximum Gasteiger partial charge on any atom is 0.140 e. The summed E-state index contributed by atoms with van der Waals surface area (Å²) in [4.78, 5) is 0. The number of nitrogens with one attached hydrogen (secondary N) is 1. The van der Waals surface area contributed by atoms with Crippen molar-refractivity contribution in [3.63, 3.8) is 0 Å². The summed E-state index contributed by atoms with van der Waals surface area (Å²) in [6, 6.07) is 6.48. The smallest absolute Gasteiger partial charge is 0.140 e. The number of hydrogen-bond donors (Lipinski definition) is 1. The lowest BCUT2D eigenvalue weighted by Gasteiger charge is -2.41. The zero-order chi connectivity index (χ0) is 15.0. The van der Waals surface area contributed by atoms with Crippen LogP contribution in [0.15, 0.2) is 22.7 Å². The van der Waals surface area contributed by atoms with Crippen LogP contribution < -0.4 is 5.32 Å². The molecule has 0 aromatic heterocycles. The van der Waals surface area contributed by atoms with Gasteiger partial charge < -0.3 is 5.32 Å². The van der Waals surface area contributed by atoms with E-state index >= 15 is 0 Å². The van der Waals surface area contributed by atoms with Crippen LogP contribution >= 0.6 is 15.9 Å². The molecule has 0 bridgehead atoms. The van der Waals surface area contributed by atoms with Crippen LogP contribution in [0.1, 0.15) is 57.4 Å². The first-order chi connectivity index (χ1) is 9.96. The van der Waals surface area contributed by atoms with E-state index in [1.54, 1.807) is 6.07 Å². The van der Waals surface area contributed by atoms with E-state index in [4.69, 9.17) is 0 Å². The van der Waals surface area contributed by atoms with E-state index in [-0.39, 0.29) is 5.82 Å². The van der Waals surface area contributed by atoms with Gasteiger partial charge >= 0.3 is 0 Å². The summed E-state index contributed by atoms with van der Waals surface area (Å²) in [7, 11) is 0. The van der Waals surface area contributed by atoms with Crippen LogP contribution in [0, 0.1) is 17.2 Å². The quantitative estimate of drug-likeness (QED) is 0.779. The minimum atomic E-state index is -0.0587. The van der Waals surface area contributed by atoms with Crippen molar-refractivity contribution in [3.05, 3.63) is 34.1 Å². The van der Waals surface area contributed by atoms with E-state index in [1.165, 1.54) is 25.7 Å². The second kappa shape index (κ2) is 6.00. The lowest BCUT2D eigenvalue weighted by Crippen LogP contribution is -2.35. The molecule has 2 saturated carbocycles. The highest BCUT2D eigenvalue weighted by Gasteiger charge is 2.37. The fraction of sp³-hybridized carbons (Fsp3) is 0.667. The zero-order valence-corrected chi connectivity index (χ0v) is 14.5. The Bertz CT molecular complexity index is 508. The lowest BCUT2D eigenvalue weighted by atomic mass is 9.65. The molecule has 116 valence electrons. The van der Waals surface area contributed by atoms with Gasteiger partial charge in [0.25, 0.3) is 0 Å². The highest BCUT2D eigenvalue weighted by molar-refractivity contribution is 9.10. The summed E-state index contributed by atoms with van der Waals surface area (Å²) in [5.74, 6) is 0.830. The molecule has 2 atom stereocenters. The van der Waals surface area contributed by atoms with Crippen molar-refractivity contribution in [2.24, 2.45) is 11.3 Å². The van der Waals surface area contributed by atoms with Crippen LogP contribution in [-0.2, 0) is 0 Å². The molecule has 1 aromatic rings. The van der Waals surface area contributed by atoms with Crippen LogP contribution in [0.4, 0.5) is 4.39 Å². The molecule has 21 heavy (non-hydrogen) atoms. The Balaban J connectivity index is 1.82. The van der Waals surface area contributed by atoms with Gasteiger partial charge in [-0.3, -0.25) is 0 Å². The second-order valence-corrected chi connectivity index (χ2v) is 8.45. The van der Waals surface area contributed by atoms with Crippen LogP contribution in [0.2, 0.25) is 0 Å². The fourth-order valence-corrected chi connectivity index (χ4v) is 4.04. The third-order valence-corrected chi connectivity index (χ3v) is 5.77. The molecule has 0 aliphatic heterocycles. The van der Waals surface area contributed by atoms with E-state index in [1.807, 2.05) is 12.1 Å². The summed E-state index contributed by atoms with van der Waals surface area (Å²) < 4.78 is 15.1. The molecule has 3 rings (SSSR count). The molecule has 0 spiro atoms. The Morgan fingerprint density at radius 1 is 1.29 bits per heavy atom. The Labute approximate surface area is 135 Å². The molecule has 2 unspecified atom stereocenters. The molecule has 2 aliphatic carbocycles. The lowest BCUT2D eigenvalue weighted by molar-refractivity contribution is 0.157. The van der Waals surface area contributed by atoms with Crippen molar-refractivity contribution >= 4 is 15.9 Å². The first-order valence-electron chi connectivity index (χ1n) is 8.13. The van der Waals surface area contributed by atoms with E-state index in [9.17, 15) is 4.39 Å². The molecule has 0 amide bonds. The topological polar surface area (TPSA) is 12.0 Å². The number of halogens is 2. The number of rotatable bonds is 4. The second-order valence-electron chi connectivity index (χ2n) is 7.60. The molecule has 0 heterocycles. The fourth-order valence-electron chi connectivity index (χ4n) is 3.66. The Morgan fingerprint density at radius 3 is 2.76 bits per heavy atom. The molecule has 2 fully saturated rings. The minimum Gasteiger partial charge on any atom is -0.314 e. The molecular weight excluding hydrogens is 329 g/mol.